The summed E-state index contributed by atoms with van der Waals surface area (Å²) in [5, 5.41) is 11.0. The second-order valence-electron chi connectivity index (χ2n) is 4.34. The van der Waals surface area contributed by atoms with Crippen LogP contribution < -0.4 is 0 Å². The average molecular weight is 291 g/mol. The highest BCUT2D eigenvalue weighted by atomic mass is 32.2. The van der Waals surface area contributed by atoms with Gasteiger partial charge in [0.15, 0.2) is 0 Å². The van der Waals surface area contributed by atoms with Gasteiger partial charge >= 0.3 is 0 Å². The number of aliphatic hydroxyl groups is 1. The lowest BCUT2D eigenvalue weighted by atomic mass is 10.3. The van der Waals surface area contributed by atoms with E-state index in [0.29, 0.717) is 30.0 Å². The Labute approximate surface area is 111 Å². The lowest BCUT2D eigenvalue weighted by Crippen LogP contribution is -2.30. The van der Waals surface area contributed by atoms with Crippen molar-refractivity contribution in [2.75, 3.05) is 20.2 Å². The van der Waals surface area contributed by atoms with Crippen molar-refractivity contribution in [2.24, 2.45) is 0 Å². The van der Waals surface area contributed by atoms with E-state index in [9.17, 15) is 13.5 Å². The highest BCUT2D eigenvalue weighted by molar-refractivity contribution is 7.89. The molecule has 1 N–H and O–H groups in total. The van der Waals surface area contributed by atoms with Crippen LogP contribution >= 0.6 is 11.3 Å². The van der Waals surface area contributed by atoms with Gasteiger partial charge in [0.25, 0.3) is 0 Å². The summed E-state index contributed by atoms with van der Waals surface area (Å²) in [4.78, 5) is 0.778. The molecule has 0 aromatic carbocycles. The number of nitrogens with zero attached hydrogens (tertiary/aromatic N) is 1. The summed E-state index contributed by atoms with van der Waals surface area (Å²) in [6, 6.07) is 0. The van der Waals surface area contributed by atoms with Gasteiger partial charge < -0.3 is 9.84 Å². The maximum absolute atomic E-state index is 12.5. The molecule has 1 aliphatic heterocycles. The molecule has 0 radical (unpaired) electrons. The van der Waals surface area contributed by atoms with Gasteiger partial charge in [0.05, 0.1) is 17.6 Å². The van der Waals surface area contributed by atoms with E-state index in [1.165, 1.54) is 15.6 Å². The van der Waals surface area contributed by atoms with Crippen molar-refractivity contribution in [3.8, 4) is 0 Å². The predicted molar refractivity (Wildman–Crippen MR) is 69.2 cm³/mol. The van der Waals surface area contributed by atoms with Crippen LogP contribution in [0.15, 0.2) is 10.3 Å². The second-order valence-corrected chi connectivity index (χ2v) is 7.18. The number of aryl methyl sites for hydroxylation is 1. The zero-order chi connectivity index (χ0) is 13.3. The molecule has 1 aromatic rings. The van der Waals surface area contributed by atoms with Gasteiger partial charge in [-0.3, -0.25) is 0 Å². The Morgan fingerprint density at radius 3 is 2.89 bits per heavy atom. The van der Waals surface area contributed by atoms with Gasteiger partial charge in [-0.25, -0.2) is 8.42 Å². The smallest absolute Gasteiger partial charge is 0.244 e. The van der Waals surface area contributed by atoms with Gasteiger partial charge in [0, 0.05) is 20.2 Å². The van der Waals surface area contributed by atoms with E-state index in [1.807, 2.05) is 0 Å². The molecule has 1 aliphatic rings. The molecule has 7 heteroatoms. The zero-order valence-corrected chi connectivity index (χ0v) is 12.1. The van der Waals surface area contributed by atoms with E-state index in [2.05, 4.69) is 0 Å². The number of hydrogen-bond acceptors (Lipinski definition) is 5. The Morgan fingerprint density at radius 1 is 1.61 bits per heavy atom. The summed E-state index contributed by atoms with van der Waals surface area (Å²) in [5.74, 6) is 0. The first kappa shape index (κ1) is 14.0. The van der Waals surface area contributed by atoms with E-state index in [-0.39, 0.29) is 17.6 Å². The lowest BCUT2D eigenvalue weighted by Gasteiger charge is -2.17. The molecule has 2 rings (SSSR count). The van der Waals surface area contributed by atoms with Gasteiger partial charge in [0.2, 0.25) is 10.0 Å². The van der Waals surface area contributed by atoms with Gasteiger partial charge in [-0.1, -0.05) is 0 Å². The van der Waals surface area contributed by atoms with Gasteiger partial charge in [-0.2, -0.15) is 4.31 Å². The predicted octanol–water partition coefficient (Wildman–Crippen LogP) is 0.958. The molecular formula is C11H17NO4S2. The molecule has 18 heavy (non-hydrogen) atoms. The third-order valence-corrected chi connectivity index (χ3v) is 6.49. The summed E-state index contributed by atoms with van der Waals surface area (Å²) < 4.78 is 31.7. The third kappa shape index (κ3) is 2.33. The first-order chi connectivity index (χ1) is 8.50. The Morgan fingerprint density at radius 2 is 2.33 bits per heavy atom. The first-order valence-corrected chi connectivity index (χ1v) is 8.03. The molecule has 0 bridgehead atoms. The number of rotatable bonds is 4. The van der Waals surface area contributed by atoms with E-state index in [4.69, 9.17) is 4.74 Å². The van der Waals surface area contributed by atoms with Crippen molar-refractivity contribution in [1.29, 1.82) is 0 Å². The Kier molecular flexibility index (Phi) is 4.08. The largest absolute Gasteiger partial charge is 0.391 e. The summed E-state index contributed by atoms with van der Waals surface area (Å²) in [6.45, 7) is 2.38. The molecular weight excluding hydrogens is 274 g/mol. The summed E-state index contributed by atoms with van der Waals surface area (Å²) in [5.41, 5.74) is 0.699. The number of methoxy groups -OCH3 is 1. The van der Waals surface area contributed by atoms with Crippen molar-refractivity contribution in [2.45, 2.75) is 31.0 Å². The third-order valence-electron chi connectivity index (χ3n) is 3.17. The number of ether oxygens (including phenoxy) is 1. The molecule has 0 amide bonds. The molecule has 5 nitrogen and oxygen atoms in total. The Hall–Kier alpha value is -0.470. The molecule has 0 saturated carbocycles. The summed E-state index contributed by atoms with van der Waals surface area (Å²) in [7, 11) is -1.92. The molecule has 0 spiro atoms. The Balaban J connectivity index is 2.34. The van der Waals surface area contributed by atoms with Crippen LogP contribution in [0.1, 0.15) is 16.9 Å². The van der Waals surface area contributed by atoms with E-state index < -0.39 is 10.0 Å². The maximum Gasteiger partial charge on any atom is 0.244 e. The van der Waals surface area contributed by atoms with Gasteiger partial charge in [-0.05, 0) is 24.3 Å². The molecule has 2 heterocycles. The van der Waals surface area contributed by atoms with Crippen LogP contribution in [0.2, 0.25) is 0 Å². The molecule has 1 atom stereocenters. The van der Waals surface area contributed by atoms with Gasteiger partial charge in [-0.15, -0.1) is 11.3 Å². The fraction of sp³-hybridized carbons (Fsp3) is 0.636. The van der Waals surface area contributed by atoms with Crippen molar-refractivity contribution < 1.29 is 18.3 Å². The minimum Gasteiger partial charge on any atom is -0.391 e. The van der Waals surface area contributed by atoms with Crippen LogP contribution in [0.25, 0.3) is 0 Å². The maximum atomic E-state index is 12.5. The SMILES string of the molecule is COC1CCN(S(=O)(=O)c2c(C)csc2CO)C1. The fourth-order valence-corrected chi connectivity index (χ4v) is 5.28. The first-order valence-electron chi connectivity index (χ1n) is 5.71. The van der Waals surface area contributed by atoms with Crippen molar-refractivity contribution >= 4 is 21.4 Å². The fourth-order valence-electron chi connectivity index (χ4n) is 2.18. The molecule has 102 valence electrons. The van der Waals surface area contributed by atoms with E-state index >= 15 is 0 Å². The standard InChI is InChI=1S/C11H17NO4S2/c1-8-7-17-10(6-13)11(8)18(14,15)12-4-3-9(5-12)16-2/h7,9,13H,3-6H2,1-2H3. The van der Waals surface area contributed by atoms with Crippen molar-refractivity contribution in [3.63, 3.8) is 0 Å². The molecule has 1 aromatic heterocycles. The topological polar surface area (TPSA) is 66.8 Å². The summed E-state index contributed by atoms with van der Waals surface area (Å²) in [6.07, 6.45) is 0.684. The van der Waals surface area contributed by atoms with Gasteiger partial charge in [0.1, 0.15) is 4.90 Å². The van der Waals surface area contributed by atoms with Crippen molar-refractivity contribution in [3.05, 3.63) is 15.8 Å². The minimum atomic E-state index is -3.51. The number of thiophene rings is 1. The molecule has 1 saturated heterocycles. The number of aliphatic hydroxyl groups excluding tert-OH is 1. The normalized spacial score (nSPS) is 21.6. The quantitative estimate of drug-likeness (QED) is 0.897. The highest BCUT2D eigenvalue weighted by Gasteiger charge is 2.35. The highest BCUT2D eigenvalue weighted by Crippen LogP contribution is 2.31. The van der Waals surface area contributed by atoms with Crippen LogP contribution in [0, 0.1) is 6.92 Å². The van der Waals surface area contributed by atoms with E-state index in [1.54, 1.807) is 19.4 Å². The van der Waals surface area contributed by atoms with Crippen LogP contribution in [0.4, 0.5) is 0 Å². The molecule has 1 unspecified atom stereocenters. The zero-order valence-electron chi connectivity index (χ0n) is 10.4. The van der Waals surface area contributed by atoms with Crippen molar-refractivity contribution in [1.82, 2.24) is 4.31 Å². The average Bonchev–Trinajstić information content (AvgIpc) is 2.95. The Bertz CT molecular complexity index is 523. The lowest BCUT2D eigenvalue weighted by molar-refractivity contribution is 0.115. The second kappa shape index (κ2) is 5.26. The van der Waals surface area contributed by atoms with Crippen LogP contribution in [0.3, 0.4) is 0 Å². The number of sulfonamides is 1. The monoisotopic (exact) mass is 291 g/mol. The van der Waals surface area contributed by atoms with E-state index in [0.717, 1.165) is 0 Å². The number of hydrogen-bond donors (Lipinski definition) is 1. The van der Waals surface area contributed by atoms with Crippen LogP contribution in [0.5, 0.6) is 0 Å². The minimum absolute atomic E-state index is 0.0312. The van der Waals surface area contributed by atoms with Crippen LogP contribution in [-0.2, 0) is 21.4 Å². The summed E-state index contributed by atoms with van der Waals surface area (Å²) >= 11 is 1.28. The molecule has 0 aliphatic carbocycles. The molecule has 1 fully saturated rings. The van der Waals surface area contributed by atoms with Crippen LogP contribution in [-0.4, -0.2) is 44.1 Å².